The van der Waals surface area contributed by atoms with Crippen molar-refractivity contribution < 1.29 is 9.84 Å². The van der Waals surface area contributed by atoms with Gasteiger partial charge in [-0.25, -0.2) is 4.98 Å². The van der Waals surface area contributed by atoms with Gasteiger partial charge < -0.3 is 9.84 Å². The van der Waals surface area contributed by atoms with E-state index in [1.54, 1.807) is 18.3 Å². The SMILES string of the molecule is Cc1cc(O)cc(Oc2ncccc2C)c1. The predicted octanol–water partition coefficient (Wildman–Crippen LogP) is 3.20. The molecule has 0 spiro atoms. The zero-order chi connectivity index (χ0) is 11.5. The fraction of sp³-hybridized carbons (Fsp3) is 0.154. The molecule has 0 fully saturated rings. The minimum atomic E-state index is 0.198. The van der Waals surface area contributed by atoms with Crippen LogP contribution in [0.1, 0.15) is 11.1 Å². The molecule has 3 heteroatoms. The summed E-state index contributed by atoms with van der Waals surface area (Å²) in [5.41, 5.74) is 1.91. The summed E-state index contributed by atoms with van der Waals surface area (Å²) in [6.07, 6.45) is 1.68. The maximum absolute atomic E-state index is 9.44. The average molecular weight is 215 g/mol. The van der Waals surface area contributed by atoms with E-state index in [9.17, 15) is 5.11 Å². The number of benzene rings is 1. The minimum Gasteiger partial charge on any atom is -0.508 e. The van der Waals surface area contributed by atoms with Crippen molar-refractivity contribution in [2.45, 2.75) is 13.8 Å². The van der Waals surface area contributed by atoms with Crippen LogP contribution in [0, 0.1) is 13.8 Å². The van der Waals surface area contributed by atoms with Crippen molar-refractivity contribution in [3.05, 3.63) is 47.7 Å². The molecule has 1 aromatic carbocycles. The van der Waals surface area contributed by atoms with E-state index < -0.39 is 0 Å². The van der Waals surface area contributed by atoms with Crippen molar-refractivity contribution in [3.63, 3.8) is 0 Å². The van der Waals surface area contributed by atoms with Gasteiger partial charge in [-0.05, 0) is 37.6 Å². The number of aryl methyl sites for hydroxylation is 2. The molecule has 0 aliphatic carbocycles. The molecular weight excluding hydrogens is 202 g/mol. The van der Waals surface area contributed by atoms with Crippen LogP contribution in [0.3, 0.4) is 0 Å². The first-order valence-corrected chi connectivity index (χ1v) is 5.05. The van der Waals surface area contributed by atoms with Crippen LogP contribution in [0.15, 0.2) is 36.5 Å². The van der Waals surface area contributed by atoms with Crippen LogP contribution >= 0.6 is 0 Å². The Balaban J connectivity index is 2.30. The Morgan fingerprint density at radius 1 is 1.19 bits per heavy atom. The number of phenols is 1. The third kappa shape index (κ3) is 2.31. The topological polar surface area (TPSA) is 42.4 Å². The molecular formula is C13H13NO2. The molecule has 1 aromatic heterocycles. The lowest BCUT2D eigenvalue weighted by molar-refractivity contribution is 0.442. The van der Waals surface area contributed by atoms with Gasteiger partial charge >= 0.3 is 0 Å². The second-order valence-electron chi connectivity index (χ2n) is 3.73. The number of aromatic nitrogens is 1. The molecule has 0 aliphatic heterocycles. The van der Waals surface area contributed by atoms with E-state index in [2.05, 4.69) is 4.98 Å². The molecule has 2 rings (SSSR count). The summed E-state index contributed by atoms with van der Waals surface area (Å²) >= 11 is 0. The van der Waals surface area contributed by atoms with E-state index in [4.69, 9.17) is 4.74 Å². The van der Waals surface area contributed by atoms with Gasteiger partial charge in [0.25, 0.3) is 0 Å². The van der Waals surface area contributed by atoms with Crippen molar-refractivity contribution in [1.29, 1.82) is 0 Å². The summed E-state index contributed by atoms with van der Waals surface area (Å²) in [4.78, 5) is 4.13. The molecule has 3 nitrogen and oxygen atoms in total. The monoisotopic (exact) mass is 215 g/mol. The van der Waals surface area contributed by atoms with E-state index >= 15 is 0 Å². The number of nitrogens with zero attached hydrogens (tertiary/aromatic N) is 1. The Kier molecular flexibility index (Phi) is 2.77. The van der Waals surface area contributed by atoms with Crippen LogP contribution < -0.4 is 4.74 Å². The van der Waals surface area contributed by atoms with Gasteiger partial charge in [0.1, 0.15) is 11.5 Å². The maximum atomic E-state index is 9.44. The molecule has 0 unspecified atom stereocenters. The van der Waals surface area contributed by atoms with Crippen LogP contribution in [0.4, 0.5) is 0 Å². The Morgan fingerprint density at radius 3 is 2.69 bits per heavy atom. The summed E-state index contributed by atoms with van der Waals surface area (Å²) in [5.74, 6) is 1.36. The molecule has 0 radical (unpaired) electrons. The largest absolute Gasteiger partial charge is 0.508 e. The predicted molar refractivity (Wildman–Crippen MR) is 61.9 cm³/mol. The molecule has 0 saturated heterocycles. The molecule has 0 atom stereocenters. The number of rotatable bonds is 2. The van der Waals surface area contributed by atoms with Crippen molar-refractivity contribution in [1.82, 2.24) is 4.98 Å². The van der Waals surface area contributed by atoms with Gasteiger partial charge in [0.05, 0.1) is 0 Å². The van der Waals surface area contributed by atoms with Gasteiger partial charge in [-0.1, -0.05) is 6.07 Å². The quantitative estimate of drug-likeness (QED) is 0.836. The van der Waals surface area contributed by atoms with Crippen molar-refractivity contribution in [2.75, 3.05) is 0 Å². The fourth-order valence-corrected chi connectivity index (χ4v) is 1.48. The normalized spacial score (nSPS) is 10.1. The lowest BCUT2D eigenvalue weighted by atomic mass is 10.2. The Hall–Kier alpha value is -2.03. The molecule has 0 bridgehead atoms. The number of aromatic hydroxyl groups is 1. The summed E-state index contributed by atoms with van der Waals surface area (Å²) in [6.45, 7) is 3.83. The Labute approximate surface area is 94.3 Å². The summed E-state index contributed by atoms with van der Waals surface area (Å²) in [7, 11) is 0. The summed E-state index contributed by atoms with van der Waals surface area (Å²) < 4.78 is 5.60. The Bertz CT molecular complexity index is 489. The first kappa shape index (κ1) is 10.5. The average Bonchev–Trinajstić information content (AvgIpc) is 2.20. The molecule has 82 valence electrons. The van der Waals surface area contributed by atoms with Gasteiger partial charge in [0.2, 0.25) is 5.88 Å². The first-order valence-electron chi connectivity index (χ1n) is 5.05. The number of phenolic OH excluding ortho intramolecular Hbond substituents is 1. The summed E-state index contributed by atoms with van der Waals surface area (Å²) in [5, 5.41) is 9.44. The zero-order valence-corrected chi connectivity index (χ0v) is 9.27. The van der Waals surface area contributed by atoms with E-state index in [0.717, 1.165) is 11.1 Å². The lowest BCUT2D eigenvalue weighted by Crippen LogP contribution is -1.90. The van der Waals surface area contributed by atoms with E-state index in [0.29, 0.717) is 11.6 Å². The van der Waals surface area contributed by atoms with Crippen LogP contribution in [0.25, 0.3) is 0 Å². The highest BCUT2D eigenvalue weighted by Gasteiger charge is 2.03. The highest BCUT2D eigenvalue weighted by atomic mass is 16.5. The highest BCUT2D eigenvalue weighted by Crippen LogP contribution is 2.26. The number of pyridine rings is 1. The Morgan fingerprint density at radius 2 is 2.00 bits per heavy atom. The van der Waals surface area contributed by atoms with E-state index in [1.807, 2.05) is 32.0 Å². The third-order valence-corrected chi connectivity index (χ3v) is 2.21. The van der Waals surface area contributed by atoms with Gasteiger partial charge in [-0.3, -0.25) is 0 Å². The molecule has 0 amide bonds. The smallest absolute Gasteiger partial charge is 0.222 e. The second-order valence-corrected chi connectivity index (χ2v) is 3.73. The standard InChI is InChI=1S/C13H13NO2/c1-9-6-11(15)8-12(7-9)16-13-10(2)4-3-5-14-13/h3-8,15H,1-2H3. The van der Waals surface area contributed by atoms with Crippen LogP contribution in [0.2, 0.25) is 0 Å². The van der Waals surface area contributed by atoms with Crippen LogP contribution in [0.5, 0.6) is 17.4 Å². The number of hydrogen-bond donors (Lipinski definition) is 1. The lowest BCUT2D eigenvalue weighted by Gasteiger charge is -2.08. The first-order chi connectivity index (χ1) is 7.65. The molecule has 16 heavy (non-hydrogen) atoms. The molecule has 2 aromatic rings. The highest BCUT2D eigenvalue weighted by molar-refractivity contribution is 5.39. The molecule has 0 aliphatic rings. The molecule has 0 saturated carbocycles. The van der Waals surface area contributed by atoms with Crippen molar-refractivity contribution >= 4 is 0 Å². The zero-order valence-electron chi connectivity index (χ0n) is 9.27. The van der Waals surface area contributed by atoms with Gasteiger partial charge in [-0.15, -0.1) is 0 Å². The number of hydrogen-bond acceptors (Lipinski definition) is 3. The third-order valence-electron chi connectivity index (χ3n) is 2.21. The van der Waals surface area contributed by atoms with Crippen molar-refractivity contribution in [3.8, 4) is 17.4 Å². The van der Waals surface area contributed by atoms with Gasteiger partial charge in [0.15, 0.2) is 0 Å². The van der Waals surface area contributed by atoms with Crippen LogP contribution in [-0.4, -0.2) is 10.1 Å². The summed E-state index contributed by atoms with van der Waals surface area (Å²) in [6, 6.07) is 8.89. The minimum absolute atomic E-state index is 0.198. The number of ether oxygens (including phenoxy) is 1. The van der Waals surface area contributed by atoms with Gasteiger partial charge in [0, 0.05) is 17.8 Å². The molecule has 1 N–H and O–H groups in total. The fourth-order valence-electron chi connectivity index (χ4n) is 1.48. The van der Waals surface area contributed by atoms with E-state index in [1.165, 1.54) is 0 Å². The second kappa shape index (κ2) is 4.23. The molecule has 1 heterocycles. The van der Waals surface area contributed by atoms with E-state index in [-0.39, 0.29) is 5.75 Å². The maximum Gasteiger partial charge on any atom is 0.222 e. The van der Waals surface area contributed by atoms with Gasteiger partial charge in [-0.2, -0.15) is 0 Å². The van der Waals surface area contributed by atoms with Crippen molar-refractivity contribution in [2.24, 2.45) is 0 Å². The van der Waals surface area contributed by atoms with Crippen LogP contribution in [-0.2, 0) is 0 Å².